The van der Waals surface area contributed by atoms with Gasteiger partial charge in [-0.05, 0) is 31.0 Å². The van der Waals surface area contributed by atoms with Crippen LogP contribution in [0.3, 0.4) is 0 Å². The third kappa shape index (κ3) is 2.43. The molecule has 18 heavy (non-hydrogen) atoms. The number of nitrogens with zero attached hydrogens (tertiary/aromatic N) is 1. The number of ether oxygens (including phenoxy) is 1. The van der Waals surface area contributed by atoms with E-state index in [0.29, 0.717) is 11.6 Å². The Morgan fingerprint density at radius 1 is 1.39 bits per heavy atom. The van der Waals surface area contributed by atoms with Crippen molar-refractivity contribution in [2.45, 2.75) is 32.3 Å². The van der Waals surface area contributed by atoms with Gasteiger partial charge in [0.25, 0.3) is 0 Å². The summed E-state index contributed by atoms with van der Waals surface area (Å²) in [4.78, 5) is 2.16. The fourth-order valence-electron chi connectivity index (χ4n) is 2.46. The molecule has 0 amide bonds. The van der Waals surface area contributed by atoms with Gasteiger partial charge in [-0.2, -0.15) is 0 Å². The van der Waals surface area contributed by atoms with Gasteiger partial charge < -0.3 is 14.7 Å². The van der Waals surface area contributed by atoms with E-state index in [2.05, 4.69) is 18.7 Å². The number of benzene rings is 1. The average molecular weight is 270 g/mol. The molecule has 1 aliphatic rings. The molecule has 0 atom stereocenters. The Morgan fingerprint density at radius 3 is 2.72 bits per heavy atom. The lowest BCUT2D eigenvalue weighted by Crippen LogP contribution is -2.51. The van der Waals surface area contributed by atoms with Crippen molar-refractivity contribution in [2.24, 2.45) is 0 Å². The Bertz CT molecular complexity index is 418. The van der Waals surface area contributed by atoms with E-state index in [1.54, 1.807) is 0 Å². The maximum Gasteiger partial charge on any atom is 0.143 e. The molecule has 1 heterocycles. The second kappa shape index (κ2) is 5.37. The molecule has 4 heteroatoms. The predicted octanol–water partition coefficient (Wildman–Crippen LogP) is 3.09. The summed E-state index contributed by atoms with van der Waals surface area (Å²) in [7, 11) is 0. The SMILES string of the molecule is CCC1(CC)CN(CCO)c2cc(Cl)ccc2O1. The number of hydrogen-bond acceptors (Lipinski definition) is 3. The van der Waals surface area contributed by atoms with E-state index in [-0.39, 0.29) is 12.2 Å². The van der Waals surface area contributed by atoms with Gasteiger partial charge in [0.2, 0.25) is 0 Å². The molecule has 1 N–H and O–H groups in total. The average Bonchev–Trinajstić information content (AvgIpc) is 2.39. The number of fused-ring (bicyclic) bond motifs is 1. The Hall–Kier alpha value is -0.930. The highest BCUT2D eigenvalue weighted by Gasteiger charge is 2.36. The zero-order valence-electron chi connectivity index (χ0n) is 10.9. The maximum absolute atomic E-state index is 9.21. The van der Waals surface area contributed by atoms with Gasteiger partial charge in [-0.1, -0.05) is 25.4 Å². The van der Waals surface area contributed by atoms with E-state index < -0.39 is 0 Å². The van der Waals surface area contributed by atoms with Crippen molar-refractivity contribution in [1.29, 1.82) is 0 Å². The lowest BCUT2D eigenvalue weighted by Gasteiger charge is -2.44. The molecule has 3 nitrogen and oxygen atoms in total. The van der Waals surface area contributed by atoms with Crippen LogP contribution in [0.4, 0.5) is 5.69 Å². The van der Waals surface area contributed by atoms with E-state index in [0.717, 1.165) is 30.8 Å². The first kappa shape index (κ1) is 13.5. The fraction of sp³-hybridized carbons (Fsp3) is 0.571. The molecule has 0 saturated carbocycles. The number of halogens is 1. The van der Waals surface area contributed by atoms with Gasteiger partial charge in [-0.15, -0.1) is 0 Å². The van der Waals surface area contributed by atoms with Gasteiger partial charge in [-0.3, -0.25) is 0 Å². The molecule has 2 rings (SSSR count). The van der Waals surface area contributed by atoms with Crippen LogP contribution in [0, 0.1) is 0 Å². The van der Waals surface area contributed by atoms with E-state index in [4.69, 9.17) is 16.3 Å². The molecule has 0 aromatic heterocycles. The topological polar surface area (TPSA) is 32.7 Å². The highest BCUT2D eigenvalue weighted by atomic mass is 35.5. The first-order valence-corrected chi connectivity index (χ1v) is 6.86. The van der Waals surface area contributed by atoms with Gasteiger partial charge in [0.05, 0.1) is 18.8 Å². The largest absolute Gasteiger partial charge is 0.483 e. The van der Waals surface area contributed by atoms with Crippen LogP contribution in [0.2, 0.25) is 5.02 Å². The quantitative estimate of drug-likeness (QED) is 0.912. The van der Waals surface area contributed by atoms with Crippen LogP contribution in [-0.4, -0.2) is 30.4 Å². The number of aliphatic hydroxyl groups is 1. The smallest absolute Gasteiger partial charge is 0.143 e. The van der Waals surface area contributed by atoms with Gasteiger partial charge in [-0.25, -0.2) is 0 Å². The third-order valence-electron chi connectivity index (χ3n) is 3.73. The molecule has 0 radical (unpaired) electrons. The number of β-amino-alcohol motifs (C(OH)–C–C–N with tert-alkyl or cyclic N) is 1. The van der Waals surface area contributed by atoms with Gasteiger partial charge in [0.15, 0.2) is 0 Å². The molecular formula is C14H20ClNO2. The molecule has 0 spiro atoms. The van der Waals surface area contributed by atoms with Crippen molar-refractivity contribution in [1.82, 2.24) is 0 Å². The number of aliphatic hydroxyl groups excluding tert-OH is 1. The van der Waals surface area contributed by atoms with Gasteiger partial charge >= 0.3 is 0 Å². The predicted molar refractivity (Wildman–Crippen MR) is 74.7 cm³/mol. The number of anilines is 1. The van der Waals surface area contributed by atoms with Crippen LogP contribution in [-0.2, 0) is 0 Å². The minimum absolute atomic E-state index is 0.134. The molecule has 100 valence electrons. The normalized spacial score (nSPS) is 17.2. The summed E-state index contributed by atoms with van der Waals surface area (Å²) in [5, 5.41) is 9.91. The van der Waals surface area contributed by atoms with Crippen molar-refractivity contribution in [3.05, 3.63) is 23.2 Å². The Kier molecular flexibility index (Phi) is 4.03. The molecular weight excluding hydrogens is 250 g/mol. The summed E-state index contributed by atoms with van der Waals surface area (Å²) in [6.07, 6.45) is 1.90. The van der Waals surface area contributed by atoms with Gasteiger partial charge in [0, 0.05) is 11.6 Å². The van der Waals surface area contributed by atoms with Crippen LogP contribution in [0.1, 0.15) is 26.7 Å². The summed E-state index contributed by atoms with van der Waals surface area (Å²) in [6, 6.07) is 5.67. The van der Waals surface area contributed by atoms with E-state index in [9.17, 15) is 5.11 Å². The second-order valence-electron chi connectivity index (χ2n) is 4.75. The third-order valence-corrected chi connectivity index (χ3v) is 3.96. The van der Waals surface area contributed by atoms with Crippen LogP contribution in [0.15, 0.2) is 18.2 Å². The highest BCUT2D eigenvalue weighted by molar-refractivity contribution is 6.30. The lowest BCUT2D eigenvalue weighted by molar-refractivity contribution is 0.0564. The van der Waals surface area contributed by atoms with E-state index in [1.165, 1.54) is 0 Å². The molecule has 0 saturated heterocycles. The molecule has 0 unspecified atom stereocenters. The first-order chi connectivity index (χ1) is 8.64. The van der Waals surface area contributed by atoms with Crippen LogP contribution < -0.4 is 9.64 Å². The minimum Gasteiger partial charge on any atom is -0.483 e. The zero-order valence-corrected chi connectivity index (χ0v) is 11.7. The zero-order chi connectivity index (χ0) is 13.2. The van der Waals surface area contributed by atoms with Crippen molar-refractivity contribution >= 4 is 17.3 Å². The molecule has 1 aromatic rings. The maximum atomic E-state index is 9.21. The van der Waals surface area contributed by atoms with E-state index >= 15 is 0 Å². The Labute approximate surface area is 113 Å². The monoisotopic (exact) mass is 269 g/mol. The van der Waals surface area contributed by atoms with Crippen molar-refractivity contribution in [2.75, 3.05) is 24.6 Å². The van der Waals surface area contributed by atoms with Crippen LogP contribution >= 0.6 is 11.6 Å². The van der Waals surface area contributed by atoms with Crippen LogP contribution in [0.25, 0.3) is 0 Å². The number of rotatable bonds is 4. The van der Waals surface area contributed by atoms with E-state index in [1.807, 2.05) is 18.2 Å². The fourth-order valence-corrected chi connectivity index (χ4v) is 2.63. The molecule has 0 fully saturated rings. The second-order valence-corrected chi connectivity index (χ2v) is 5.19. The van der Waals surface area contributed by atoms with Gasteiger partial charge in [0.1, 0.15) is 11.4 Å². The number of hydrogen-bond donors (Lipinski definition) is 1. The minimum atomic E-state index is -0.157. The Balaban J connectivity index is 2.39. The summed E-state index contributed by atoms with van der Waals surface area (Å²) in [6.45, 7) is 5.82. The summed E-state index contributed by atoms with van der Waals surface area (Å²) in [5.41, 5.74) is 0.824. The summed E-state index contributed by atoms with van der Waals surface area (Å²) in [5.74, 6) is 0.864. The molecule has 1 aromatic carbocycles. The van der Waals surface area contributed by atoms with Crippen LogP contribution in [0.5, 0.6) is 5.75 Å². The van der Waals surface area contributed by atoms with Crippen molar-refractivity contribution in [3.8, 4) is 5.75 Å². The first-order valence-electron chi connectivity index (χ1n) is 6.48. The molecule has 0 bridgehead atoms. The Morgan fingerprint density at radius 2 is 2.11 bits per heavy atom. The molecule has 1 aliphatic heterocycles. The highest BCUT2D eigenvalue weighted by Crippen LogP contribution is 2.40. The van der Waals surface area contributed by atoms with Crippen molar-refractivity contribution in [3.63, 3.8) is 0 Å². The summed E-state index contributed by atoms with van der Waals surface area (Å²) >= 11 is 6.04. The standard InChI is InChI=1S/C14H20ClNO2/c1-3-14(4-2)10-16(7-8-17)12-9-11(15)5-6-13(12)18-14/h5-6,9,17H,3-4,7-8,10H2,1-2H3. The lowest BCUT2D eigenvalue weighted by atomic mass is 9.94. The molecule has 0 aliphatic carbocycles. The summed E-state index contributed by atoms with van der Waals surface area (Å²) < 4.78 is 6.17. The van der Waals surface area contributed by atoms with Crippen molar-refractivity contribution < 1.29 is 9.84 Å².